The van der Waals surface area contributed by atoms with Gasteiger partial charge in [0.05, 0.1) is 11.3 Å². The molecule has 6 nitrogen and oxygen atoms in total. The van der Waals surface area contributed by atoms with Crippen molar-refractivity contribution in [2.75, 3.05) is 36.2 Å². The monoisotopic (exact) mass is 468 g/mol. The Balaban J connectivity index is 1.61. The van der Waals surface area contributed by atoms with Gasteiger partial charge in [0.2, 0.25) is 5.95 Å². The number of hydrogen-bond donors (Lipinski definition) is 1. The lowest BCUT2D eigenvalue weighted by molar-refractivity contribution is -0.137. The van der Waals surface area contributed by atoms with E-state index in [9.17, 15) is 13.2 Å². The lowest BCUT2D eigenvalue weighted by Gasteiger charge is -2.36. The average molecular weight is 469 g/mol. The van der Waals surface area contributed by atoms with Crippen molar-refractivity contribution in [3.63, 3.8) is 0 Å². The van der Waals surface area contributed by atoms with E-state index in [2.05, 4.69) is 22.1 Å². The number of nitrogens with zero attached hydrogens (tertiary/aromatic N) is 5. The zero-order valence-corrected chi connectivity index (χ0v) is 19.2. The summed E-state index contributed by atoms with van der Waals surface area (Å²) in [7, 11) is 3.69. The zero-order chi connectivity index (χ0) is 24.0. The lowest BCUT2D eigenvalue weighted by Crippen LogP contribution is -2.44. The second-order valence-corrected chi connectivity index (χ2v) is 9.25. The summed E-state index contributed by atoms with van der Waals surface area (Å²) in [5.74, 6) is 1.00. The third-order valence-corrected chi connectivity index (χ3v) is 6.91. The van der Waals surface area contributed by atoms with Crippen molar-refractivity contribution >= 4 is 17.6 Å². The van der Waals surface area contributed by atoms with Gasteiger partial charge in [0.25, 0.3) is 0 Å². The molecule has 0 spiro atoms. The fourth-order valence-corrected chi connectivity index (χ4v) is 5.28. The number of fused-ring (bicyclic) bond motifs is 2. The molecule has 2 aromatic heterocycles. The molecule has 3 aromatic rings. The lowest BCUT2D eigenvalue weighted by atomic mass is 9.91. The van der Waals surface area contributed by atoms with Crippen LogP contribution in [0.15, 0.2) is 42.6 Å². The first-order valence-electron chi connectivity index (χ1n) is 11.4. The minimum absolute atomic E-state index is 0.0249. The number of aromatic nitrogens is 3. The molecule has 0 saturated heterocycles. The summed E-state index contributed by atoms with van der Waals surface area (Å²) in [5, 5.41) is 0. The van der Waals surface area contributed by atoms with Crippen LogP contribution in [0.3, 0.4) is 0 Å². The predicted octanol–water partition coefficient (Wildman–Crippen LogP) is 3.93. The van der Waals surface area contributed by atoms with E-state index >= 15 is 0 Å². The van der Waals surface area contributed by atoms with E-state index in [1.165, 1.54) is 23.4 Å². The average Bonchev–Trinajstić information content (AvgIpc) is 3.13. The van der Waals surface area contributed by atoms with Crippen LogP contribution in [0.4, 0.5) is 30.8 Å². The first kappa shape index (κ1) is 22.4. The number of rotatable bonds is 3. The highest BCUT2D eigenvalue weighted by Gasteiger charge is 2.41. The second kappa shape index (κ2) is 8.45. The van der Waals surface area contributed by atoms with Crippen molar-refractivity contribution in [1.29, 1.82) is 0 Å². The summed E-state index contributed by atoms with van der Waals surface area (Å²) in [6.45, 7) is 0.361. The van der Waals surface area contributed by atoms with Crippen molar-refractivity contribution in [3.05, 3.63) is 70.5 Å². The normalized spacial score (nSPS) is 18.4. The molecular formula is C25H27F3N6. The van der Waals surface area contributed by atoms with Crippen LogP contribution >= 0.6 is 0 Å². The molecule has 1 aliphatic heterocycles. The van der Waals surface area contributed by atoms with Crippen LogP contribution in [0.1, 0.15) is 27.9 Å². The summed E-state index contributed by atoms with van der Waals surface area (Å²) in [6.07, 6.45) is -0.511. The van der Waals surface area contributed by atoms with E-state index in [1.807, 2.05) is 31.1 Å². The third kappa shape index (κ3) is 4.03. The van der Waals surface area contributed by atoms with Crippen molar-refractivity contribution in [3.8, 4) is 0 Å². The van der Waals surface area contributed by atoms with Crippen LogP contribution in [0.2, 0.25) is 0 Å². The van der Waals surface area contributed by atoms with Gasteiger partial charge in [0.15, 0.2) is 0 Å². The van der Waals surface area contributed by atoms with E-state index in [0.29, 0.717) is 31.2 Å². The highest BCUT2D eigenvalue weighted by Crippen LogP contribution is 2.40. The number of alkyl halides is 3. The molecule has 3 heterocycles. The highest BCUT2D eigenvalue weighted by atomic mass is 19.4. The Bertz CT molecular complexity index is 1180. The summed E-state index contributed by atoms with van der Waals surface area (Å²) < 4.78 is 41.9. The van der Waals surface area contributed by atoms with E-state index in [4.69, 9.17) is 10.7 Å². The number of halogens is 3. The van der Waals surface area contributed by atoms with Crippen LogP contribution in [-0.2, 0) is 31.9 Å². The molecule has 0 radical (unpaired) electrons. The Labute approximate surface area is 196 Å². The van der Waals surface area contributed by atoms with Crippen LogP contribution in [0.5, 0.6) is 0 Å². The van der Waals surface area contributed by atoms with Gasteiger partial charge in [-0.2, -0.15) is 18.2 Å². The highest BCUT2D eigenvalue weighted by molar-refractivity contribution is 5.54. The van der Waals surface area contributed by atoms with Crippen molar-refractivity contribution < 1.29 is 13.2 Å². The number of anilines is 3. The Kier molecular flexibility index (Phi) is 5.58. The molecule has 1 atom stereocenters. The van der Waals surface area contributed by atoms with Gasteiger partial charge in [0.1, 0.15) is 11.6 Å². The van der Waals surface area contributed by atoms with E-state index < -0.39 is 11.7 Å². The summed E-state index contributed by atoms with van der Waals surface area (Å²) in [4.78, 5) is 17.1. The summed E-state index contributed by atoms with van der Waals surface area (Å²) in [6, 6.07) is 10.5. The maximum absolute atomic E-state index is 14.0. The molecule has 0 fully saturated rings. The molecule has 1 aromatic carbocycles. The second-order valence-electron chi connectivity index (χ2n) is 9.25. The van der Waals surface area contributed by atoms with Gasteiger partial charge in [-0.3, -0.25) is 0 Å². The fraction of sp³-hybridized carbons (Fsp3) is 0.400. The maximum atomic E-state index is 14.0. The molecule has 2 N–H and O–H groups in total. The molecule has 9 heteroatoms. The van der Waals surface area contributed by atoms with Gasteiger partial charge in [0, 0.05) is 44.9 Å². The topological polar surface area (TPSA) is 71.2 Å². The molecule has 1 unspecified atom stereocenters. The Morgan fingerprint density at radius 3 is 2.35 bits per heavy atom. The molecule has 5 rings (SSSR count). The first-order chi connectivity index (χ1) is 16.2. The van der Waals surface area contributed by atoms with Gasteiger partial charge in [-0.25, -0.2) is 9.97 Å². The zero-order valence-electron chi connectivity index (χ0n) is 19.2. The Morgan fingerprint density at radius 1 is 1.00 bits per heavy atom. The van der Waals surface area contributed by atoms with Crippen LogP contribution in [0, 0.1) is 5.92 Å². The van der Waals surface area contributed by atoms with E-state index in [0.717, 1.165) is 30.2 Å². The van der Waals surface area contributed by atoms with Crippen LogP contribution < -0.4 is 15.5 Å². The summed E-state index contributed by atoms with van der Waals surface area (Å²) in [5.41, 5.74) is 9.73. The molecule has 0 bridgehead atoms. The van der Waals surface area contributed by atoms with E-state index in [-0.39, 0.29) is 17.8 Å². The quantitative estimate of drug-likeness (QED) is 0.628. The van der Waals surface area contributed by atoms with Crippen LogP contribution in [0.25, 0.3) is 0 Å². The molecular weight excluding hydrogens is 441 g/mol. The number of pyridine rings is 1. The molecule has 0 amide bonds. The molecule has 2 aliphatic rings. The fourth-order valence-electron chi connectivity index (χ4n) is 5.28. The number of hydrogen-bond acceptors (Lipinski definition) is 6. The van der Waals surface area contributed by atoms with E-state index in [1.54, 1.807) is 4.90 Å². The minimum Gasteiger partial charge on any atom is -0.383 e. The Hall–Kier alpha value is -3.36. The summed E-state index contributed by atoms with van der Waals surface area (Å²) >= 11 is 0. The minimum atomic E-state index is -4.50. The standard InChI is InChI=1S/C25H27F3N6/c1-33(2)24-31-20-14-21(17-12-15-6-3-4-7-16(15)13-17)34(11-9-18(20)22(29)32-24)23-19(25(26,27)28)8-5-10-30-23/h3-8,10,17,21H,9,11-14H2,1-2H3,(H2,29,31,32). The van der Waals surface area contributed by atoms with Crippen molar-refractivity contribution in [2.24, 2.45) is 5.92 Å². The van der Waals surface area contributed by atoms with Gasteiger partial charge in [-0.1, -0.05) is 24.3 Å². The number of nitrogens with two attached hydrogens (primary N) is 1. The van der Waals surface area contributed by atoms with Crippen LogP contribution in [-0.4, -0.2) is 41.6 Å². The van der Waals surface area contributed by atoms with Crippen molar-refractivity contribution in [1.82, 2.24) is 15.0 Å². The number of nitrogen functional groups attached to an aromatic ring is 1. The third-order valence-electron chi connectivity index (χ3n) is 6.91. The SMILES string of the molecule is CN(C)c1nc(N)c2c(n1)CC(C1Cc3ccccc3C1)N(c1ncccc1C(F)(F)F)CC2. The predicted molar refractivity (Wildman–Crippen MR) is 126 cm³/mol. The number of benzene rings is 1. The molecule has 0 saturated carbocycles. The van der Waals surface area contributed by atoms with Gasteiger partial charge >= 0.3 is 6.18 Å². The molecule has 178 valence electrons. The molecule has 1 aliphatic carbocycles. The molecule has 34 heavy (non-hydrogen) atoms. The first-order valence-corrected chi connectivity index (χ1v) is 11.4. The Morgan fingerprint density at radius 2 is 1.71 bits per heavy atom. The van der Waals surface area contributed by atoms with Gasteiger partial charge in [-0.15, -0.1) is 0 Å². The van der Waals surface area contributed by atoms with Gasteiger partial charge in [-0.05, 0) is 48.4 Å². The van der Waals surface area contributed by atoms with Gasteiger partial charge < -0.3 is 15.5 Å². The largest absolute Gasteiger partial charge is 0.419 e. The maximum Gasteiger partial charge on any atom is 0.419 e. The van der Waals surface area contributed by atoms with Crippen molar-refractivity contribution in [2.45, 2.75) is 37.9 Å². The smallest absolute Gasteiger partial charge is 0.383 e.